The molecule has 0 aromatic carbocycles. The zero-order valence-corrected chi connectivity index (χ0v) is 36.2. The molecule has 0 bridgehead atoms. The average Bonchev–Trinajstić information content (AvgIpc) is 3.22. The molecule has 0 aromatic heterocycles. The molecular weight excluding hydrogens is 721 g/mol. The summed E-state index contributed by atoms with van der Waals surface area (Å²) in [6.45, 7) is 6.10. The highest BCUT2D eigenvalue weighted by atomic mass is 16.6. The van der Waals surface area contributed by atoms with Gasteiger partial charge in [0.1, 0.15) is 13.2 Å². The number of hydrogen-bond donors (Lipinski definition) is 0. The fourth-order valence-corrected chi connectivity index (χ4v) is 5.07. The van der Waals surface area contributed by atoms with Crippen LogP contribution in [-0.2, 0) is 28.6 Å². The van der Waals surface area contributed by atoms with Gasteiger partial charge in [0, 0.05) is 12.8 Å². The molecule has 58 heavy (non-hydrogen) atoms. The summed E-state index contributed by atoms with van der Waals surface area (Å²) in [7, 11) is 0. The Hall–Kier alpha value is -4.71. The number of esters is 3. The van der Waals surface area contributed by atoms with Gasteiger partial charge in [0.25, 0.3) is 0 Å². The average molecular weight is 797 g/mol. The second-order valence-electron chi connectivity index (χ2n) is 13.7. The predicted molar refractivity (Wildman–Crippen MR) is 246 cm³/mol. The lowest BCUT2D eigenvalue weighted by Gasteiger charge is -2.18. The number of carbonyl (C=O) groups excluding carboxylic acids is 3. The number of ether oxygens (including phenoxy) is 3. The van der Waals surface area contributed by atoms with Crippen molar-refractivity contribution in [3.63, 3.8) is 0 Å². The molecule has 0 saturated heterocycles. The number of carbonyl (C=O) groups is 3. The van der Waals surface area contributed by atoms with Crippen molar-refractivity contribution in [1.82, 2.24) is 0 Å². The van der Waals surface area contributed by atoms with Gasteiger partial charge in [-0.3, -0.25) is 14.4 Å². The van der Waals surface area contributed by atoms with Gasteiger partial charge in [-0.2, -0.15) is 0 Å². The van der Waals surface area contributed by atoms with Crippen LogP contribution in [0.3, 0.4) is 0 Å². The monoisotopic (exact) mass is 797 g/mol. The Morgan fingerprint density at radius 1 is 0.397 bits per heavy atom. The molecule has 0 rings (SSSR count). The van der Waals surface area contributed by atoms with Crippen molar-refractivity contribution >= 4 is 17.9 Å². The summed E-state index contributed by atoms with van der Waals surface area (Å²) in [6, 6.07) is 0. The summed E-state index contributed by atoms with van der Waals surface area (Å²) in [5.41, 5.74) is 0. The highest BCUT2D eigenvalue weighted by molar-refractivity contribution is 5.72. The zero-order valence-electron chi connectivity index (χ0n) is 36.2. The molecule has 0 aliphatic rings. The van der Waals surface area contributed by atoms with Crippen molar-refractivity contribution in [3.05, 3.63) is 146 Å². The van der Waals surface area contributed by atoms with Crippen molar-refractivity contribution in [2.45, 2.75) is 149 Å². The normalized spacial score (nSPS) is 13.5. The lowest BCUT2D eigenvalue weighted by molar-refractivity contribution is -0.166. The zero-order chi connectivity index (χ0) is 42.3. The fraction of sp³-hybridized carbons (Fsp3) is 0.481. The maximum Gasteiger partial charge on any atom is 0.309 e. The molecule has 320 valence electrons. The van der Waals surface area contributed by atoms with Crippen molar-refractivity contribution in [3.8, 4) is 0 Å². The Morgan fingerprint density at radius 3 is 1.40 bits per heavy atom. The van der Waals surface area contributed by atoms with E-state index >= 15 is 0 Å². The molecular formula is C52H76O6. The summed E-state index contributed by atoms with van der Waals surface area (Å²) in [4.78, 5) is 37.6. The highest BCUT2D eigenvalue weighted by Gasteiger charge is 2.19. The maximum absolute atomic E-state index is 12.7. The van der Waals surface area contributed by atoms with Crippen LogP contribution in [0.1, 0.15) is 143 Å². The van der Waals surface area contributed by atoms with Gasteiger partial charge in [-0.15, -0.1) is 0 Å². The molecule has 0 heterocycles. The molecule has 0 N–H and O–H groups in total. The summed E-state index contributed by atoms with van der Waals surface area (Å²) >= 11 is 0. The lowest BCUT2D eigenvalue weighted by Crippen LogP contribution is -2.30. The Kier molecular flexibility index (Phi) is 41.3. The third-order valence-corrected chi connectivity index (χ3v) is 8.31. The minimum atomic E-state index is -0.864. The first kappa shape index (κ1) is 53.3. The van der Waals surface area contributed by atoms with Gasteiger partial charge in [-0.05, 0) is 70.6 Å². The topological polar surface area (TPSA) is 78.9 Å². The van der Waals surface area contributed by atoms with Crippen LogP contribution in [0.2, 0.25) is 0 Å². The van der Waals surface area contributed by atoms with Gasteiger partial charge in [-0.25, -0.2) is 0 Å². The first-order valence-electron chi connectivity index (χ1n) is 22.0. The van der Waals surface area contributed by atoms with Gasteiger partial charge >= 0.3 is 17.9 Å². The quantitative estimate of drug-likeness (QED) is 0.0207. The third kappa shape index (κ3) is 42.4. The lowest BCUT2D eigenvalue weighted by atomic mass is 10.1. The molecule has 0 radical (unpaired) electrons. The molecule has 0 fully saturated rings. The van der Waals surface area contributed by atoms with Crippen LogP contribution < -0.4 is 0 Å². The van der Waals surface area contributed by atoms with E-state index in [0.717, 1.165) is 70.6 Å². The Morgan fingerprint density at radius 2 is 0.828 bits per heavy atom. The van der Waals surface area contributed by atoms with E-state index in [2.05, 4.69) is 93.7 Å². The molecule has 6 nitrogen and oxygen atoms in total. The second kappa shape index (κ2) is 45.0. The summed E-state index contributed by atoms with van der Waals surface area (Å²) in [6.07, 6.45) is 64.4. The van der Waals surface area contributed by atoms with Gasteiger partial charge in [0.05, 0.1) is 6.42 Å². The maximum atomic E-state index is 12.7. The van der Waals surface area contributed by atoms with E-state index in [-0.39, 0.29) is 32.0 Å². The highest BCUT2D eigenvalue weighted by Crippen LogP contribution is 2.10. The van der Waals surface area contributed by atoms with Gasteiger partial charge in [-0.1, -0.05) is 199 Å². The summed E-state index contributed by atoms with van der Waals surface area (Å²) in [5, 5.41) is 0. The van der Waals surface area contributed by atoms with Crippen LogP contribution >= 0.6 is 0 Å². The molecule has 1 atom stereocenters. The van der Waals surface area contributed by atoms with Crippen molar-refractivity contribution in [2.24, 2.45) is 0 Å². The predicted octanol–water partition coefficient (Wildman–Crippen LogP) is 14.1. The SMILES string of the molecule is CC\C=C/C=C\C=C/C=C\C=C/CCCC(=O)OC(COC(=O)C/C=C\C/C=C\C/C=C\CC)COC(=O)CCCCCCC\C=C/C=C\C=C/C=C\CCCCC. The van der Waals surface area contributed by atoms with Crippen molar-refractivity contribution in [1.29, 1.82) is 0 Å². The molecule has 0 aromatic rings. The number of allylic oxidation sites excluding steroid dienone is 23. The van der Waals surface area contributed by atoms with Crippen LogP contribution in [0.4, 0.5) is 0 Å². The molecule has 1 unspecified atom stereocenters. The van der Waals surface area contributed by atoms with Gasteiger partial charge in [0.15, 0.2) is 6.10 Å². The van der Waals surface area contributed by atoms with Gasteiger partial charge < -0.3 is 14.2 Å². The van der Waals surface area contributed by atoms with E-state index in [1.807, 2.05) is 66.8 Å². The molecule has 0 spiro atoms. The number of unbranched alkanes of at least 4 members (excludes halogenated alkanes) is 9. The van der Waals surface area contributed by atoms with Crippen LogP contribution in [0.25, 0.3) is 0 Å². The van der Waals surface area contributed by atoms with E-state index in [1.54, 1.807) is 6.08 Å². The smallest absolute Gasteiger partial charge is 0.309 e. The molecule has 0 aliphatic carbocycles. The fourth-order valence-electron chi connectivity index (χ4n) is 5.07. The largest absolute Gasteiger partial charge is 0.462 e. The van der Waals surface area contributed by atoms with E-state index in [1.165, 1.54) is 19.3 Å². The van der Waals surface area contributed by atoms with Crippen LogP contribution in [-0.4, -0.2) is 37.2 Å². The van der Waals surface area contributed by atoms with Crippen LogP contribution in [0.5, 0.6) is 0 Å². The van der Waals surface area contributed by atoms with Crippen molar-refractivity contribution < 1.29 is 28.6 Å². The minimum absolute atomic E-state index is 0.107. The number of rotatable bonds is 36. The van der Waals surface area contributed by atoms with Crippen LogP contribution in [0, 0.1) is 0 Å². The van der Waals surface area contributed by atoms with Gasteiger partial charge in [0.2, 0.25) is 0 Å². The molecule has 0 saturated carbocycles. The van der Waals surface area contributed by atoms with E-state index in [0.29, 0.717) is 19.3 Å². The first-order chi connectivity index (χ1) is 28.5. The Labute approximate surface area is 353 Å². The molecule has 6 heteroatoms. The summed E-state index contributed by atoms with van der Waals surface area (Å²) < 4.78 is 16.5. The van der Waals surface area contributed by atoms with Crippen molar-refractivity contribution in [2.75, 3.05) is 13.2 Å². The number of hydrogen-bond acceptors (Lipinski definition) is 6. The summed E-state index contributed by atoms with van der Waals surface area (Å²) in [5.74, 6) is -1.20. The Balaban J connectivity index is 4.61. The van der Waals surface area contributed by atoms with E-state index in [4.69, 9.17) is 14.2 Å². The standard InChI is InChI=1S/C52H76O6/c1-4-7-10-13-16-19-21-23-24-25-26-27-29-30-33-36-39-42-45-51(54)57-48-49(47-56-50(53)44-41-38-35-32-18-15-12-9-6-3)58-52(55)46-43-40-37-34-31-28-22-20-17-14-11-8-5-2/h8-9,11-12,14,16-28,31-32,34,37-38,41,49H,4-7,10,13,15,29-30,33,35-36,39-40,42-48H2,1-3H3/b11-8-,12-9-,17-14-,19-16-,22-20-,23-21-,25-24-,27-26-,31-28-,32-18-,37-34-,41-38-. The molecule has 0 aliphatic heterocycles. The first-order valence-corrected chi connectivity index (χ1v) is 22.0. The second-order valence-corrected chi connectivity index (χ2v) is 13.7. The molecule has 0 amide bonds. The van der Waals surface area contributed by atoms with E-state index < -0.39 is 18.0 Å². The van der Waals surface area contributed by atoms with Crippen LogP contribution in [0.15, 0.2) is 146 Å². The third-order valence-electron chi connectivity index (χ3n) is 8.31. The Bertz CT molecular complexity index is 1380. The minimum Gasteiger partial charge on any atom is -0.462 e. The van der Waals surface area contributed by atoms with E-state index in [9.17, 15) is 14.4 Å².